The van der Waals surface area contributed by atoms with Gasteiger partial charge in [0.2, 0.25) is 10.0 Å². The van der Waals surface area contributed by atoms with Crippen molar-refractivity contribution < 1.29 is 8.42 Å². The van der Waals surface area contributed by atoms with Gasteiger partial charge in [-0.15, -0.1) is 0 Å². The maximum absolute atomic E-state index is 11.9. The highest BCUT2D eigenvalue weighted by Gasteiger charge is 2.17. The van der Waals surface area contributed by atoms with E-state index >= 15 is 0 Å². The van der Waals surface area contributed by atoms with Gasteiger partial charge in [0.05, 0.1) is 18.5 Å². The van der Waals surface area contributed by atoms with Crippen molar-refractivity contribution in [3.05, 3.63) is 63.7 Å². The molecule has 0 atom stereocenters. The van der Waals surface area contributed by atoms with Gasteiger partial charge in [-0.05, 0) is 52.4 Å². The highest BCUT2D eigenvalue weighted by molar-refractivity contribution is 14.1. The zero-order valence-corrected chi connectivity index (χ0v) is 13.4. The lowest BCUT2D eigenvalue weighted by Gasteiger charge is -2.22. The standard InChI is InChI=1S/C14H14INO2S/c1-19(17,18)16(11-12-5-3-2-4-6-12)14-9-7-13(15)8-10-14/h2-10H,11H2,1H3. The second-order valence-electron chi connectivity index (χ2n) is 4.23. The monoisotopic (exact) mass is 387 g/mol. The van der Waals surface area contributed by atoms with E-state index in [1.807, 2.05) is 54.6 Å². The Morgan fingerprint density at radius 3 is 2.11 bits per heavy atom. The summed E-state index contributed by atoms with van der Waals surface area (Å²) in [6, 6.07) is 17.0. The molecule has 0 bridgehead atoms. The minimum atomic E-state index is -3.30. The summed E-state index contributed by atoms with van der Waals surface area (Å²) in [5.41, 5.74) is 1.65. The van der Waals surface area contributed by atoms with Crippen LogP contribution in [0.4, 0.5) is 5.69 Å². The number of rotatable bonds is 4. The second kappa shape index (κ2) is 5.92. The smallest absolute Gasteiger partial charge is 0.232 e. The normalized spacial score (nSPS) is 11.3. The molecule has 19 heavy (non-hydrogen) atoms. The van der Waals surface area contributed by atoms with Crippen LogP contribution >= 0.6 is 22.6 Å². The van der Waals surface area contributed by atoms with Gasteiger partial charge in [-0.3, -0.25) is 4.31 Å². The number of benzene rings is 2. The van der Waals surface area contributed by atoms with Gasteiger partial charge in [-0.1, -0.05) is 30.3 Å². The summed E-state index contributed by atoms with van der Waals surface area (Å²) < 4.78 is 26.4. The van der Waals surface area contributed by atoms with Crippen molar-refractivity contribution in [3.8, 4) is 0 Å². The van der Waals surface area contributed by atoms with Crippen molar-refractivity contribution >= 4 is 38.3 Å². The summed E-state index contributed by atoms with van der Waals surface area (Å²) in [6.07, 6.45) is 1.23. The Kier molecular flexibility index (Phi) is 4.46. The predicted octanol–water partition coefficient (Wildman–Crippen LogP) is 3.26. The predicted molar refractivity (Wildman–Crippen MR) is 86.6 cm³/mol. The van der Waals surface area contributed by atoms with E-state index in [-0.39, 0.29) is 0 Å². The number of anilines is 1. The molecule has 0 fully saturated rings. The third-order valence-electron chi connectivity index (χ3n) is 2.68. The summed E-state index contributed by atoms with van der Waals surface area (Å²) in [5, 5.41) is 0. The maximum atomic E-state index is 11.9. The highest BCUT2D eigenvalue weighted by atomic mass is 127. The molecular weight excluding hydrogens is 373 g/mol. The van der Waals surface area contributed by atoms with Crippen LogP contribution in [0.3, 0.4) is 0 Å². The zero-order chi connectivity index (χ0) is 13.9. The Labute approximate surface area is 127 Å². The second-order valence-corrected chi connectivity index (χ2v) is 7.38. The lowest BCUT2D eigenvalue weighted by molar-refractivity contribution is 0.596. The molecule has 0 N–H and O–H groups in total. The fourth-order valence-corrected chi connectivity index (χ4v) is 3.00. The fourth-order valence-electron chi connectivity index (χ4n) is 1.76. The third kappa shape index (κ3) is 3.94. The van der Waals surface area contributed by atoms with Gasteiger partial charge < -0.3 is 0 Å². The molecule has 0 saturated heterocycles. The van der Waals surface area contributed by atoms with Gasteiger partial charge in [0.25, 0.3) is 0 Å². The van der Waals surface area contributed by atoms with Crippen LogP contribution < -0.4 is 4.31 Å². The number of nitrogens with zero attached hydrogens (tertiary/aromatic N) is 1. The lowest BCUT2D eigenvalue weighted by Crippen LogP contribution is -2.29. The topological polar surface area (TPSA) is 37.4 Å². The SMILES string of the molecule is CS(=O)(=O)N(Cc1ccccc1)c1ccc(I)cc1. The molecule has 2 rings (SSSR count). The van der Waals surface area contributed by atoms with Crippen molar-refractivity contribution in [2.24, 2.45) is 0 Å². The number of hydrogen-bond acceptors (Lipinski definition) is 2. The molecule has 0 radical (unpaired) electrons. The van der Waals surface area contributed by atoms with Crippen LogP contribution in [0.2, 0.25) is 0 Å². The van der Waals surface area contributed by atoms with E-state index in [1.165, 1.54) is 10.6 Å². The first kappa shape index (κ1) is 14.3. The third-order valence-corrected chi connectivity index (χ3v) is 4.54. The van der Waals surface area contributed by atoms with Gasteiger partial charge in [-0.25, -0.2) is 8.42 Å². The molecule has 2 aromatic carbocycles. The van der Waals surface area contributed by atoms with Crippen LogP contribution in [0.15, 0.2) is 54.6 Å². The minimum Gasteiger partial charge on any atom is -0.266 e. The van der Waals surface area contributed by atoms with Crippen LogP contribution in [-0.2, 0) is 16.6 Å². The molecule has 2 aromatic rings. The van der Waals surface area contributed by atoms with E-state index in [0.717, 1.165) is 9.13 Å². The van der Waals surface area contributed by atoms with E-state index in [0.29, 0.717) is 12.2 Å². The molecule has 0 unspecified atom stereocenters. The molecule has 0 aliphatic carbocycles. The molecule has 0 spiro atoms. The van der Waals surface area contributed by atoms with Crippen LogP contribution in [0.5, 0.6) is 0 Å². The van der Waals surface area contributed by atoms with E-state index in [4.69, 9.17) is 0 Å². The molecule has 0 heterocycles. The molecule has 0 aliphatic rings. The van der Waals surface area contributed by atoms with Crippen LogP contribution in [0, 0.1) is 3.57 Å². The van der Waals surface area contributed by atoms with Crippen LogP contribution in [0.1, 0.15) is 5.56 Å². The minimum absolute atomic E-state index is 0.347. The van der Waals surface area contributed by atoms with Gasteiger partial charge in [0.15, 0.2) is 0 Å². The molecule has 0 amide bonds. The van der Waals surface area contributed by atoms with Crippen molar-refractivity contribution in [1.82, 2.24) is 0 Å². The average molecular weight is 387 g/mol. The largest absolute Gasteiger partial charge is 0.266 e. The highest BCUT2D eigenvalue weighted by Crippen LogP contribution is 2.21. The number of sulfonamides is 1. The Balaban J connectivity index is 2.35. The van der Waals surface area contributed by atoms with Crippen molar-refractivity contribution in [2.45, 2.75) is 6.54 Å². The van der Waals surface area contributed by atoms with E-state index in [1.54, 1.807) is 0 Å². The van der Waals surface area contributed by atoms with Crippen molar-refractivity contribution in [3.63, 3.8) is 0 Å². The van der Waals surface area contributed by atoms with E-state index in [9.17, 15) is 8.42 Å². The van der Waals surface area contributed by atoms with E-state index < -0.39 is 10.0 Å². The van der Waals surface area contributed by atoms with Crippen LogP contribution in [-0.4, -0.2) is 14.7 Å². The molecule has 5 heteroatoms. The van der Waals surface area contributed by atoms with E-state index in [2.05, 4.69) is 22.6 Å². The summed E-state index contributed by atoms with van der Waals surface area (Å²) in [6.45, 7) is 0.347. The first-order valence-electron chi connectivity index (χ1n) is 5.74. The summed E-state index contributed by atoms with van der Waals surface area (Å²) in [7, 11) is -3.30. The molecule has 100 valence electrons. The fraction of sp³-hybridized carbons (Fsp3) is 0.143. The summed E-state index contributed by atoms with van der Waals surface area (Å²) in [4.78, 5) is 0. The molecule has 0 aromatic heterocycles. The van der Waals surface area contributed by atoms with Crippen molar-refractivity contribution in [1.29, 1.82) is 0 Å². The van der Waals surface area contributed by atoms with Gasteiger partial charge in [0.1, 0.15) is 0 Å². The Bertz CT molecular complexity index is 639. The Morgan fingerprint density at radius 2 is 1.58 bits per heavy atom. The van der Waals surface area contributed by atoms with Gasteiger partial charge in [-0.2, -0.15) is 0 Å². The van der Waals surface area contributed by atoms with Crippen LogP contribution in [0.25, 0.3) is 0 Å². The number of halogens is 1. The maximum Gasteiger partial charge on any atom is 0.232 e. The molecule has 0 aliphatic heterocycles. The Morgan fingerprint density at radius 1 is 1.00 bits per heavy atom. The van der Waals surface area contributed by atoms with Crippen molar-refractivity contribution in [2.75, 3.05) is 10.6 Å². The molecular formula is C14H14INO2S. The summed E-state index contributed by atoms with van der Waals surface area (Å²) in [5.74, 6) is 0. The number of hydrogen-bond donors (Lipinski definition) is 0. The first-order valence-corrected chi connectivity index (χ1v) is 8.67. The zero-order valence-electron chi connectivity index (χ0n) is 10.5. The lowest BCUT2D eigenvalue weighted by atomic mass is 10.2. The quantitative estimate of drug-likeness (QED) is 0.756. The average Bonchev–Trinajstić information content (AvgIpc) is 2.37. The first-order chi connectivity index (χ1) is 8.97. The summed E-state index contributed by atoms with van der Waals surface area (Å²) >= 11 is 2.20. The molecule has 3 nitrogen and oxygen atoms in total. The Hall–Kier alpha value is -1.08. The molecule has 0 saturated carbocycles. The van der Waals surface area contributed by atoms with Gasteiger partial charge in [0, 0.05) is 3.57 Å². The van der Waals surface area contributed by atoms with Gasteiger partial charge >= 0.3 is 0 Å².